The maximum Gasteiger partial charge on any atom is 0.416 e. The third-order valence-electron chi connectivity index (χ3n) is 4.75. The molecule has 0 N–H and O–H groups in total. The van der Waals surface area contributed by atoms with Crippen LogP contribution in [0.2, 0.25) is 0 Å². The fraction of sp³-hybridized carbons (Fsp3) is 0.350. The van der Waals surface area contributed by atoms with Gasteiger partial charge in [0.25, 0.3) is 0 Å². The zero-order valence-corrected chi connectivity index (χ0v) is 15.2. The van der Waals surface area contributed by atoms with Gasteiger partial charge in [-0.1, -0.05) is 24.3 Å². The summed E-state index contributed by atoms with van der Waals surface area (Å²) in [5.74, 6) is 0.731. The van der Waals surface area contributed by atoms with Crippen LogP contribution >= 0.6 is 0 Å². The van der Waals surface area contributed by atoms with Crippen molar-refractivity contribution in [3.05, 3.63) is 65.2 Å². The fourth-order valence-corrected chi connectivity index (χ4v) is 3.33. The molecule has 0 radical (unpaired) electrons. The monoisotopic (exact) mass is 378 g/mol. The minimum Gasteiger partial charge on any atom is -0.497 e. The van der Waals surface area contributed by atoms with E-state index in [4.69, 9.17) is 4.74 Å². The van der Waals surface area contributed by atoms with Gasteiger partial charge in [0.05, 0.1) is 19.2 Å². The quantitative estimate of drug-likeness (QED) is 0.795. The Hall–Kier alpha value is -2.54. The third kappa shape index (κ3) is 4.24. The van der Waals surface area contributed by atoms with Gasteiger partial charge in [-0.25, -0.2) is 0 Å². The lowest BCUT2D eigenvalue weighted by molar-refractivity contribution is -0.137. The number of alkyl halides is 3. The summed E-state index contributed by atoms with van der Waals surface area (Å²) < 4.78 is 43.5. The Morgan fingerprint density at radius 1 is 1.07 bits per heavy atom. The number of carbonyl (C=O) groups excluding carboxylic acids is 1. The summed E-state index contributed by atoms with van der Waals surface area (Å²) in [5.41, 5.74) is 1.04. The van der Waals surface area contributed by atoms with Crippen LogP contribution in [0.25, 0.3) is 0 Å². The first kappa shape index (κ1) is 19.2. The molecular formula is C20H21F3N2O2. The van der Waals surface area contributed by atoms with Crippen molar-refractivity contribution in [2.24, 2.45) is 0 Å². The second-order valence-corrected chi connectivity index (χ2v) is 6.59. The normalized spacial score (nSPS) is 18.2. The predicted octanol–water partition coefficient (Wildman–Crippen LogP) is 3.73. The maximum atomic E-state index is 12.8. The van der Waals surface area contributed by atoms with Crippen LogP contribution in [-0.2, 0) is 17.4 Å². The molecule has 1 amide bonds. The number of ether oxygens (including phenoxy) is 1. The molecule has 4 nitrogen and oxygen atoms in total. The summed E-state index contributed by atoms with van der Waals surface area (Å²) in [6.07, 6.45) is -4.08. The topological polar surface area (TPSA) is 32.8 Å². The fourth-order valence-electron chi connectivity index (χ4n) is 3.33. The van der Waals surface area contributed by atoms with Crippen molar-refractivity contribution in [2.75, 3.05) is 27.2 Å². The number of carbonyl (C=O) groups is 1. The molecule has 1 aliphatic heterocycles. The number of nitrogens with zero attached hydrogens (tertiary/aromatic N) is 2. The number of hydrogen-bond acceptors (Lipinski definition) is 3. The van der Waals surface area contributed by atoms with Gasteiger partial charge in [0, 0.05) is 6.54 Å². The number of benzene rings is 2. The molecule has 0 aliphatic carbocycles. The van der Waals surface area contributed by atoms with Crippen LogP contribution in [0.5, 0.6) is 5.75 Å². The zero-order chi connectivity index (χ0) is 19.6. The number of methoxy groups -OCH3 is 1. The molecule has 1 heterocycles. The molecular weight excluding hydrogens is 357 g/mol. The van der Waals surface area contributed by atoms with Gasteiger partial charge < -0.3 is 9.64 Å². The molecule has 0 aromatic heterocycles. The molecule has 144 valence electrons. The van der Waals surface area contributed by atoms with Crippen LogP contribution in [0.4, 0.5) is 13.2 Å². The molecule has 1 unspecified atom stereocenters. The zero-order valence-electron chi connectivity index (χ0n) is 15.2. The first-order chi connectivity index (χ1) is 12.8. The van der Waals surface area contributed by atoms with Crippen molar-refractivity contribution in [1.82, 2.24) is 9.80 Å². The minimum atomic E-state index is -4.37. The van der Waals surface area contributed by atoms with Crippen LogP contribution in [-0.4, -0.2) is 43.0 Å². The lowest BCUT2D eigenvalue weighted by Gasteiger charge is -2.28. The molecule has 1 atom stereocenters. The maximum absolute atomic E-state index is 12.8. The van der Waals surface area contributed by atoms with E-state index < -0.39 is 11.7 Å². The van der Waals surface area contributed by atoms with Crippen LogP contribution in [0.1, 0.15) is 22.9 Å². The Bertz CT molecular complexity index is 788. The summed E-state index contributed by atoms with van der Waals surface area (Å²) in [5, 5.41) is 0. The van der Waals surface area contributed by atoms with Crippen molar-refractivity contribution in [3.8, 4) is 5.75 Å². The first-order valence-corrected chi connectivity index (χ1v) is 8.59. The smallest absolute Gasteiger partial charge is 0.416 e. The highest BCUT2D eigenvalue weighted by Gasteiger charge is 2.37. The average molecular weight is 378 g/mol. The van der Waals surface area contributed by atoms with Gasteiger partial charge in [-0.2, -0.15) is 13.2 Å². The highest BCUT2D eigenvalue weighted by molar-refractivity contribution is 5.81. The van der Waals surface area contributed by atoms with Gasteiger partial charge in [-0.3, -0.25) is 9.69 Å². The van der Waals surface area contributed by atoms with E-state index in [-0.39, 0.29) is 18.6 Å². The van der Waals surface area contributed by atoms with Gasteiger partial charge >= 0.3 is 6.18 Å². The Morgan fingerprint density at radius 2 is 1.70 bits per heavy atom. The second-order valence-electron chi connectivity index (χ2n) is 6.59. The number of likely N-dealkylation sites (N-methyl/N-ethyl adjacent to an activating group) is 1. The van der Waals surface area contributed by atoms with E-state index in [2.05, 4.69) is 0 Å². The van der Waals surface area contributed by atoms with Gasteiger partial charge in [0.2, 0.25) is 5.91 Å². The average Bonchev–Trinajstić information content (AvgIpc) is 2.93. The lowest BCUT2D eigenvalue weighted by Crippen LogP contribution is -2.32. The largest absolute Gasteiger partial charge is 0.497 e. The van der Waals surface area contributed by atoms with Gasteiger partial charge in [0.1, 0.15) is 11.9 Å². The van der Waals surface area contributed by atoms with E-state index >= 15 is 0 Å². The van der Waals surface area contributed by atoms with Crippen molar-refractivity contribution < 1.29 is 22.7 Å². The molecule has 7 heteroatoms. The van der Waals surface area contributed by atoms with E-state index in [0.717, 1.165) is 23.4 Å². The molecule has 27 heavy (non-hydrogen) atoms. The van der Waals surface area contributed by atoms with E-state index in [1.54, 1.807) is 19.1 Å². The second kappa shape index (κ2) is 7.60. The van der Waals surface area contributed by atoms with Gasteiger partial charge in [0.15, 0.2) is 0 Å². The van der Waals surface area contributed by atoms with E-state index in [1.165, 1.54) is 12.1 Å². The Balaban J connectivity index is 1.75. The molecule has 2 aromatic carbocycles. The van der Waals surface area contributed by atoms with E-state index in [9.17, 15) is 18.0 Å². The van der Waals surface area contributed by atoms with Crippen LogP contribution in [0.15, 0.2) is 48.5 Å². The number of hydrogen-bond donors (Lipinski definition) is 0. The Labute approximate surface area is 156 Å². The predicted molar refractivity (Wildman–Crippen MR) is 95.2 cm³/mol. The number of rotatable bonds is 5. The molecule has 1 saturated heterocycles. The van der Waals surface area contributed by atoms with Crippen molar-refractivity contribution in [1.29, 1.82) is 0 Å². The van der Waals surface area contributed by atoms with Crippen molar-refractivity contribution in [3.63, 3.8) is 0 Å². The van der Waals surface area contributed by atoms with E-state index in [1.807, 2.05) is 29.2 Å². The van der Waals surface area contributed by atoms with Crippen molar-refractivity contribution in [2.45, 2.75) is 18.8 Å². The summed E-state index contributed by atoms with van der Waals surface area (Å²) in [7, 11) is 3.40. The van der Waals surface area contributed by atoms with Crippen LogP contribution in [0.3, 0.4) is 0 Å². The standard InChI is InChI=1S/C20H21F3N2O2/c1-24-13-18(26)25(12-11-14-3-9-17(27-2)10-4-14)19(24)15-5-7-16(8-6-15)20(21,22)23/h3-10,19H,11-13H2,1-2H3. The molecule has 1 aliphatic rings. The Morgan fingerprint density at radius 3 is 2.26 bits per heavy atom. The first-order valence-electron chi connectivity index (χ1n) is 8.59. The molecule has 0 bridgehead atoms. The minimum absolute atomic E-state index is 0.0316. The van der Waals surface area contributed by atoms with Gasteiger partial charge in [-0.15, -0.1) is 0 Å². The Kier molecular flexibility index (Phi) is 5.41. The molecule has 2 aromatic rings. The van der Waals surface area contributed by atoms with Crippen LogP contribution < -0.4 is 4.74 Å². The number of amides is 1. The van der Waals surface area contributed by atoms with Crippen molar-refractivity contribution >= 4 is 5.91 Å². The molecule has 1 fully saturated rings. The highest BCUT2D eigenvalue weighted by atomic mass is 19.4. The summed E-state index contributed by atoms with van der Waals surface area (Å²) in [6, 6.07) is 12.6. The number of halogens is 3. The SMILES string of the molecule is COc1ccc(CCN2C(=O)CN(C)C2c2ccc(C(F)(F)F)cc2)cc1. The molecule has 0 saturated carbocycles. The molecule has 3 rings (SSSR count). The summed E-state index contributed by atoms with van der Waals surface area (Å²) >= 11 is 0. The third-order valence-corrected chi connectivity index (χ3v) is 4.75. The molecule has 0 spiro atoms. The highest BCUT2D eigenvalue weighted by Crippen LogP contribution is 2.33. The summed E-state index contributed by atoms with van der Waals surface area (Å²) in [4.78, 5) is 16.0. The summed E-state index contributed by atoms with van der Waals surface area (Å²) in [6.45, 7) is 0.732. The van der Waals surface area contributed by atoms with Gasteiger partial charge in [-0.05, 0) is 48.9 Å². The lowest BCUT2D eigenvalue weighted by atomic mass is 10.1. The van der Waals surface area contributed by atoms with Crippen LogP contribution in [0, 0.1) is 0 Å². The van der Waals surface area contributed by atoms with E-state index in [0.29, 0.717) is 18.5 Å².